The van der Waals surface area contributed by atoms with Gasteiger partial charge in [-0.1, -0.05) is 12.7 Å². The van der Waals surface area contributed by atoms with Crippen molar-refractivity contribution in [2.24, 2.45) is 0 Å². The van der Waals surface area contributed by atoms with E-state index in [4.69, 9.17) is 10.2 Å². The Hall–Kier alpha value is -0.800. The Balaban J connectivity index is 0. The van der Waals surface area contributed by atoms with Crippen LogP contribution in [0.25, 0.3) is 0 Å². The first-order chi connectivity index (χ1) is 5.47. The molecule has 12 heavy (non-hydrogen) atoms. The van der Waals surface area contributed by atoms with Crippen molar-refractivity contribution in [2.75, 3.05) is 34.3 Å². The summed E-state index contributed by atoms with van der Waals surface area (Å²) in [6.07, 6.45) is 3.88. The zero-order chi connectivity index (χ0) is 10.0. The van der Waals surface area contributed by atoms with Crippen LogP contribution in [0.5, 0.6) is 0 Å². The van der Waals surface area contributed by atoms with E-state index in [1.54, 1.807) is 0 Å². The average Bonchev–Trinajstić information content (AvgIpc) is 1.87. The van der Waals surface area contributed by atoms with Gasteiger partial charge in [0.25, 0.3) is 0 Å². The Morgan fingerprint density at radius 3 is 1.83 bits per heavy atom. The van der Waals surface area contributed by atoms with Gasteiger partial charge in [-0.2, -0.15) is 0 Å². The summed E-state index contributed by atoms with van der Waals surface area (Å²) in [5, 5.41) is 16.2. The fourth-order valence-corrected chi connectivity index (χ4v) is 0.361. The van der Waals surface area contributed by atoms with Crippen molar-refractivity contribution in [1.29, 1.82) is 0 Å². The highest BCUT2D eigenvalue weighted by atomic mass is 16.3. The number of allylic oxidation sites excluding steroid dienone is 2. The van der Waals surface area contributed by atoms with Crippen LogP contribution in [0.15, 0.2) is 25.0 Å². The minimum Gasteiger partial charge on any atom is -0.516 e. The van der Waals surface area contributed by atoms with Gasteiger partial charge < -0.3 is 14.7 Å². The van der Waals surface area contributed by atoms with Crippen molar-refractivity contribution >= 4 is 0 Å². The molecule has 2 N–H and O–H groups in total. The first-order valence-electron chi connectivity index (χ1n) is 3.81. The molecule has 0 bridgehead atoms. The van der Waals surface area contributed by atoms with Crippen molar-refractivity contribution in [3.8, 4) is 0 Å². The third-order valence-electron chi connectivity index (χ3n) is 0.993. The first kappa shape index (κ1) is 13.8. The summed E-state index contributed by atoms with van der Waals surface area (Å²) in [5.74, 6) is 0. The Labute approximate surface area is 74.8 Å². The standard InChI is InChI=1S/C5H14NO.C4H6O/c1-6(2,3)4-5-7;1-2-3-4-5/h7H,4-5H2,1-3H3;2-5H,1H2/q+1;. The van der Waals surface area contributed by atoms with Crippen molar-refractivity contribution in [1.82, 2.24) is 0 Å². The highest BCUT2D eigenvalue weighted by molar-refractivity contribution is 4.91. The van der Waals surface area contributed by atoms with Crippen molar-refractivity contribution in [3.05, 3.63) is 25.0 Å². The maximum atomic E-state index is 8.39. The molecule has 0 radical (unpaired) electrons. The number of hydrogen-bond acceptors (Lipinski definition) is 2. The lowest BCUT2D eigenvalue weighted by Gasteiger charge is -2.21. The lowest BCUT2D eigenvalue weighted by Crippen LogP contribution is -2.36. The molecule has 0 aliphatic carbocycles. The lowest BCUT2D eigenvalue weighted by atomic mass is 10.5. The van der Waals surface area contributed by atoms with E-state index in [0.717, 1.165) is 17.3 Å². The van der Waals surface area contributed by atoms with Gasteiger partial charge in [0.1, 0.15) is 6.54 Å². The van der Waals surface area contributed by atoms with Gasteiger partial charge in [-0.05, 0) is 6.08 Å². The Morgan fingerprint density at radius 1 is 1.33 bits per heavy atom. The second kappa shape index (κ2) is 8.30. The number of rotatable bonds is 3. The van der Waals surface area contributed by atoms with E-state index in [2.05, 4.69) is 27.7 Å². The summed E-state index contributed by atoms with van der Waals surface area (Å²) < 4.78 is 0.844. The van der Waals surface area contributed by atoms with E-state index in [9.17, 15) is 0 Å². The number of aliphatic hydroxyl groups is 2. The van der Waals surface area contributed by atoms with Crippen molar-refractivity contribution < 1.29 is 14.7 Å². The van der Waals surface area contributed by atoms with Gasteiger partial charge in [-0.25, -0.2) is 0 Å². The topological polar surface area (TPSA) is 40.5 Å². The van der Waals surface area contributed by atoms with Gasteiger partial charge in [0.05, 0.1) is 34.0 Å². The van der Waals surface area contributed by atoms with Crippen LogP contribution in [0.1, 0.15) is 0 Å². The minimum absolute atomic E-state index is 0.281. The molecular weight excluding hydrogens is 154 g/mol. The van der Waals surface area contributed by atoms with E-state index in [0.29, 0.717) is 0 Å². The molecule has 0 unspecified atom stereocenters. The highest BCUT2D eigenvalue weighted by Crippen LogP contribution is 1.84. The molecule has 0 saturated heterocycles. The molecule has 0 spiro atoms. The summed E-state index contributed by atoms with van der Waals surface area (Å²) >= 11 is 0. The molecule has 0 saturated carbocycles. The molecule has 72 valence electrons. The number of likely N-dealkylation sites (N-methyl/N-ethyl adjacent to an activating group) is 1. The van der Waals surface area contributed by atoms with E-state index >= 15 is 0 Å². The molecule has 3 heteroatoms. The fraction of sp³-hybridized carbons (Fsp3) is 0.556. The largest absolute Gasteiger partial charge is 0.516 e. The van der Waals surface area contributed by atoms with Gasteiger partial charge in [0, 0.05) is 0 Å². The molecule has 0 amide bonds. The number of hydrogen-bond donors (Lipinski definition) is 2. The zero-order valence-corrected chi connectivity index (χ0v) is 8.20. The third kappa shape index (κ3) is 22.9. The van der Waals surface area contributed by atoms with Crippen LogP contribution in [0, 0.1) is 0 Å². The number of nitrogens with zero attached hydrogens (tertiary/aromatic N) is 1. The van der Waals surface area contributed by atoms with Crippen molar-refractivity contribution in [3.63, 3.8) is 0 Å². The monoisotopic (exact) mass is 174 g/mol. The summed E-state index contributed by atoms with van der Waals surface area (Å²) in [6, 6.07) is 0. The fourth-order valence-electron chi connectivity index (χ4n) is 0.361. The van der Waals surface area contributed by atoms with E-state index in [-0.39, 0.29) is 6.61 Å². The van der Waals surface area contributed by atoms with Crippen LogP contribution in [-0.2, 0) is 0 Å². The third-order valence-corrected chi connectivity index (χ3v) is 0.993. The number of quaternary nitrogens is 1. The second-order valence-electron chi connectivity index (χ2n) is 3.31. The van der Waals surface area contributed by atoms with Crippen LogP contribution in [-0.4, -0.2) is 49.0 Å². The molecule has 0 rings (SSSR count). The summed E-state index contributed by atoms with van der Waals surface area (Å²) in [7, 11) is 6.16. The normalized spacial score (nSPS) is 10.7. The molecule has 0 aliphatic heterocycles. The Morgan fingerprint density at radius 2 is 1.83 bits per heavy atom. The average molecular weight is 174 g/mol. The van der Waals surface area contributed by atoms with Gasteiger partial charge >= 0.3 is 0 Å². The van der Waals surface area contributed by atoms with Crippen LogP contribution >= 0.6 is 0 Å². The van der Waals surface area contributed by atoms with Gasteiger partial charge in [0.15, 0.2) is 0 Å². The predicted molar refractivity (Wildman–Crippen MR) is 52.0 cm³/mol. The molecule has 0 heterocycles. The highest BCUT2D eigenvalue weighted by Gasteiger charge is 2.02. The van der Waals surface area contributed by atoms with Gasteiger partial charge in [-0.15, -0.1) is 0 Å². The number of aliphatic hydroxyl groups excluding tert-OH is 2. The van der Waals surface area contributed by atoms with Crippen LogP contribution < -0.4 is 0 Å². The predicted octanol–water partition coefficient (Wildman–Crippen LogP) is 0.929. The smallest absolute Gasteiger partial charge is 0.101 e. The summed E-state index contributed by atoms with van der Waals surface area (Å²) in [5.41, 5.74) is 0. The maximum Gasteiger partial charge on any atom is 0.101 e. The molecule has 0 aromatic carbocycles. The zero-order valence-electron chi connectivity index (χ0n) is 8.20. The quantitative estimate of drug-likeness (QED) is 0.379. The maximum absolute atomic E-state index is 8.39. The molecule has 0 aliphatic rings. The molecule has 0 aromatic rings. The SMILES string of the molecule is C=CC=CO.C[N+](C)(C)CCO. The molecule has 0 aromatic heterocycles. The van der Waals surface area contributed by atoms with E-state index in [1.807, 2.05) is 0 Å². The van der Waals surface area contributed by atoms with Crippen LogP contribution in [0.3, 0.4) is 0 Å². The molecular formula is C9H20NO2+. The lowest BCUT2D eigenvalue weighted by molar-refractivity contribution is -0.870. The molecule has 3 nitrogen and oxygen atoms in total. The van der Waals surface area contributed by atoms with E-state index in [1.165, 1.54) is 12.2 Å². The summed E-state index contributed by atoms with van der Waals surface area (Å²) in [6.45, 7) is 4.42. The van der Waals surface area contributed by atoms with E-state index < -0.39 is 0 Å². The van der Waals surface area contributed by atoms with Crippen molar-refractivity contribution in [2.45, 2.75) is 0 Å². The molecule has 0 fully saturated rings. The van der Waals surface area contributed by atoms with Crippen LogP contribution in [0.2, 0.25) is 0 Å². The van der Waals surface area contributed by atoms with Gasteiger partial charge in [-0.3, -0.25) is 0 Å². The minimum atomic E-state index is 0.281. The first-order valence-corrected chi connectivity index (χ1v) is 3.81. The molecule has 0 atom stereocenters. The summed E-state index contributed by atoms with van der Waals surface area (Å²) in [4.78, 5) is 0. The van der Waals surface area contributed by atoms with Crippen LogP contribution in [0.4, 0.5) is 0 Å². The Bertz CT molecular complexity index is 125. The second-order valence-corrected chi connectivity index (χ2v) is 3.31. The Kier molecular flexibility index (Phi) is 9.52. The van der Waals surface area contributed by atoms with Gasteiger partial charge in [0.2, 0.25) is 0 Å².